The van der Waals surface area contributed by atoms with Crippen molar-refractivity contribution in [3.63, 3.8) is 0 Å². The molecule has 178 valence electrons. The van der Waals surface area contributed by atoms with Gasteiger partial charge in [-0.25, -0.2) is 9.37 Å². The quantitative estimate of drug-likeness (QED) is 0.433. The zero-order valence-corrected chi connectivity index (χ0v) is 20.1. The van der Waals surface area contributed by atoms with Crippen molar-refractivity contribution in [2.75, 3.05) is 18.4 Å². The van der Waals surface area contributed by atoms with Gasteiger partial charge >= 0.3 is 0 Å². The second-order valence-corrected chi connectivity index (χ2v) is 8.80. The molecule has 0 unspecified atom stereocenters. The third kappa shape index (κ3) is 7.64. The zero-order chi connectivity index (χ0) is 24.5. The zero-order valence-electron chi connectivity index (χ0n) is 18.5. The van der Waals surface area contributed by atoms with Gasteiger partial charge in [0.2, 0.25) is 11.8 Å². The van der Waals surface area contributed by atoms with Gasteiger partial charge in [0.1, 0.15) is 12.4 Å². The first-order chi connectivity index (χ1) is 16.3. The summed E-state index contributed by atoms with van der Waals surface area (Å²) in [5.74, 6) is -1.21. The standard InChI is InChI=1S/C24H24ClFN4O3S/c1-2-11-30(23(33)17-5-7-18(25)8-6-17)14-22(32)29-24-28-20(15-34-24)12-21(31)27-13-16-3-9-19(26)10-4-16/h3-10,15H,2,11-14H2,1H3,(H,27,31)(H,28,29,32). The summed E-state index contributed by atoms with van der Waals surface area (Å²) >= 11 is 7.08. The van der Waals surface area contributed by atoms with Crippen LogP contribution in [0.15, 0.2) is 53.9 Å². The largest absolute Gasteiger partial charge is 0.352 e. The molecule has 2 N–H and O–H groups in total. The Morgan fingerprint density at radius 3 is 2.44 bits per heavy atom. The average molecular weight is 503 g/mol. The minimum absolute atomic E-state index is 0.0462. The van der Waals surface area contributed by atoms with E-state index in [-0.39, 0.29) is 43.0 Å². The average Bonchev–Trinajstić information content (AvgIpc) is 3.24. The van der Waals surface area contributed by atoms with Gasteiger partial charge in [0.15, 0.2) is 5.13 Å². The third-order valence-electron chi connectivity index (χ3n) is 4.75. The molecule has 0 radical (unpaired) electrons. The molecule has 7 nitrogen and oxygen atoms in total. The van der Waals surface area contributed by atoms with Gasteiger partial charge < -0.3 is 15.5 Å². The summed E-state index contributed by atoms with van der Waals surface area (Å²) in [6.07, 6.45) is 0.742. The lowest BCUT2D eigenvalue weighted by Gasteiger charge is -2.21. The monoisotopic (exact) mass is 502 g/mol. The van der Waals surface area contributed by atoms with E-state index < -0.39 is 0 Å². The van der Waals surface area contributed by atoms with Crippen LogP contribution >= 0.6 is 22.9 Å². The fourth-order valence-electron chi connectivity index (χ4n) is 3.10. The van der Waals surface area contributed by atoms with Crippen LogP contribution < -0.4 is 10.6 Å². The number of hydrogen-bond acceptors (Lipinski definition) is 5. The third-order valence-corrected chi connectivity index (χ3v) is 5.81. The van der Waals surface area contributed by atoms with Gasteiger partial charge in [0.25, 0.3) is 5.91 Å². The summed E-state index contributed by atoms with van der Waals surface area (Å²) in [6.45, 7) is 2.50. The van der Waals surface area contributed by atoms with Gasteiger partial charge in [0.05, 0.1) is 12.1 Å². The Morgan fingerprint density at radius 2 is 1.76 bits per heavy atom. The molecule has 3 amide bonds. The first kappa shape index (κ1) is 25.3. The van der Waals surface area contributed by atoms with E-state index >= 15 is 0 Å². The van der Waals surface area contributed by atoms with Crippen molar-refractivity contribution in [3.05, 3.63) is 81.6 Å². The lowest BCUT2D eigenvalue weighted by atomic mass is 10.2. The minimum atomic E-state index is -0.377. The van der Waals surface area contributed by atoms with Gasteiger partial charge in [-0.3, -0.25) is 14.4 Å². The van der Waals surface area contributed by atoms with E-state index in [1.165, 1.54) is 28.4 Å². The molecule has 0 fully saturated rings. The van der Waals surface area contributed by atoms with E-state index in [0.29, 0.717) is 34.4 Å². The number of carbonyl (C=O) groups excluding carboxylic acids is 3. The molecule has 3 rings (SSSR count). The molecule has 0 saturated carbocycles. The summed E-state index contributed by atoms with van der Waals surface area (Å²) in [6, 6.07) is 12.4. The van der Waals surface area contributed by atoms with Crippen LogP contribution in [0.1, 0.15) is 35.0 Å². The van der Waals surface area contributed by atoms with Crippen LogP contribution in [0, 0.1) is 5.82 Å². The highest BCUT2D eigenvalue weighted by atomic mass is 35.5. The molecule has 10 heteroatoms. The summed E-state index contributed by atoms with van der Waals surface area (Å²) in [7, 11) is 0. The topological polar surface area (TPSA) is 91.4 Å². The van der Waals surface area contributed by atoms with Gasteiger partial charge in [-0.1, -0.05) is 30.7 Å². The molecular weight excluding hydrogens is 479 g/mol. The predicted octanol–water partition coefficient (Wildman–Crippen LogP) is 4.29. The highest BCUT2D eigenvalue weighted by molar-refractivity contribution is 7.13. The summed E-state index contributed by atoms with van der Waals surface area (Å²) in [5, 5.41) is 8.01. The number of amides is 3. The van der Waals surface area contributed by atoms with Crippen LogP contribution in [0.4, 0.5) is 9.52 Å². The smallest absolute Gasteiger partial charge is 0.254 e. The van der Waals surface area contributed by atoms with Gasteiger partial charge in [-0.2, -0.15) is 0 Å². The highest BCUT2D eigenvalue weighted by Crippen LogP contribution is 2.17. The van der Waals surface area contributed by atoms with Gasteiger partial charge in [-0.05, 0) is 48.4 Å². The maximum absolute atomic E-state index is 13.0. The molecule has 1 heterocycles. The van der Waals surface area contributed by atoms with Crippen LogP contribution in [0.2, 0.25) is 5.02 Å². The second kappa shape index (κ2) is 12.2. The van der Waals surface area contributed by atoms with E-state index in [9.17, 15) is 18.8 Å². The predicted molar refractivity (Wildman–Crippen MR) is 130 cm³/mol. The molecule has 0 aliphatic carbocycles. The van der Waals surface area contributed by atoms with Gasteiger partial charge in [0, 0.05) is 29.1 Å². The van der Waals surface area contributed by atoms with Gasteiger partial charge in [-0.15, -0.1) is 11.3 Å². The minimum Gasteiger partial charge on any atom is -0.352 e. The molecule has 1 aromatic heterocycles. The Hall–Kier alpha value is -3.30. The van der Waals surface area contributed by atoms with E-state index in [1.807, 2.05) is 6.92 Å². The maximum Gasteiger partial charge on any atom is 0.254 e. The molecule has 3 aromatic rings. The van der Waals surface area contributed by atoms with Crippen LogP contribution in [0.3, 0.4) is 0 Å². The van der Waals surface area contributed by atoms with Crippen LogP contribution in [0.25, 0.3) is 0 Å². The number of thiazole rings is 1. The maximum atomic E-state index is 13.0. The molecule has 0 bridgehead atoms. The molecular formula is C24H24ClFN4O3S. The van der Waals surface area contributed by atoms with E-state index in [2.05, 4.69) is 15.6 Å². The molecule has 2 aromatic carbocycles. The number of carbonyl (C=O) groups is 3. The van der Waals surface area contributed by atoms with Crippen LogP contribution in [-0.4, -0.2) is 40.7 Å². The fraction of sp³-hybridized carbons (Fsp3) is 0.250. The first-order valence-electron chi connectivity index (χ1n) is 10.6. The number of rotatable bonds is 10. The molecule has 0 atom stereocenters. The Bertz CT molecular complexity index is 1140. The number of benzene rings is 2. The van der Waals surface area contributed by atoms with E-state index in [4.69, 9.17) is 11.6 Å². The molecule has 0 saturated heterocycles. The van der Waals surface area contributed by atoms with Crippen LogP contribution in [-0.2, 0) is 22.6 Å². The second-order valence-electron chi connectivity index (χ2n) is 7.51. The molecule has 0 aliphatic rings. The number of hydrogen-bond donors (Lipinski definition) is 2. The summed E-state index contributed by atoms with van der Waals surface area (Å²) < 4.78 is 13.0. The molecule has 34 heavy (non-hydrogen) atoms. The van der Waals surface area contributed by atoms with Crippen molar-refractivity contribution < 1.29 is 18.8 Å². The lowest BCUT2D eigenvalue weighted by Crippen LogP contribution is -2.38. The van der Waals surface area contributed by atoms with Crippen molar-refractivity contribution >= 4 is 45.8 Å². The van der Waals surface area contributed by atoms with Crippen molar-refractivity contribution in [2.45, 2.75) is 26.3 Å². The van der Waals surface area contributed by atoms with Crippen LogP contribution in [0.5, 0.6) is 0 Å². The number of aromatic nitrogens is 1. The molecule has 0 spiro atoms. The molecule has 0 aliphatic heterocycles. The normalized spacial score (nSPS) is 10.6. The summed E-state index contributed by atoms with van der Waals surface area (Å²) in [4.78, 5) is 43.2. The summed E-state index contributed by atoms with van der Waals surface area (Å²) in [5.41, 5.74) is 1.75. The Kier molecular flexibility index (Phi) is 9.12. The first-order valence-corrected chi connectivity index (χ1v) is 11.9. The van der Waals surface area contributed by atoms with Crippen molar-refractivity contribution in [1.29, 1.82) is 0 Å². The highest BCUT2D eigenvalue weighted by Gasteiger charge is 2.19. The number of nitrogens with one attached hydrogen (secondary N) is 2. The Labute approximate surface area is 206 Å². The van der Waals surface area contributed by atoms with E-state index in [0.717, 1.165) is 5.56 Å². The Balaban J connectivity index is 1.51. The van der Waals surface area contributed by atoms with Crippen molar-refractivity contribution in [1.82, 2.24) is 15.2 Å². The van der Waals surface area contributed by atoms with Crippen molar-refractivity contribution in [3.8, 4) is 0 Å². The SMILES string of the molecule is CCCN(CC(=O)Nc1nc(CC(=O)NCc2ccc(F)cc2)cs1)C(=O)c1ccc(Cl)cc1. The lowest BCUT2D eigenvalue weighted by molar-refractivity contribution is -0.120. The number of anilines is 1. The fourth-order valence-corrected chi connectivity index (χ4v) is 3.96. The number of nitrogens with zero attached hydrogens (tertiary/aromatic N) is 2. The Morgan fingerprint density at radius 1 is 1.06 bits per heavy atom. The van der Waals surface area contributed by atoms with E-state index in [1.54, 1.807) is 41.8 Å². The number of halogens is 2. The van der Waals surface area contributed by atoms with Crippen molar-refractivity contribution in [2.24, 2.45) is 0 Å².